The first-order chi connectivity index (χ1) is 5.91. The Labute approximate surface area is 70.4 Å². The van der Waals surface area contributed by atoms with Crippen LogP contribution in [0.15, 0.2) is 0 Å². The largest absolute Gasteiger partial charge is 0.493 e. The first-order valence-electron chi connectivity index (χ1n) is 3.26. The number of amides is 2. The van der Waals surface area contributed by atoms with Crippen molar-refractivity contribution in [2.75, 3.05) is 13.1 Å². The molecule has 8 heteroatoms. The highest BCUT2D eigenvalue weighted by Crippen LogP contribution is 2.17. The van der Waals surface area contributed by atoms with E-state index in [9.17, 15) is 22.8 Å². The third kappa shape index (κ3) is 2.23. The highest BCUT2D eigenvalue weighted by Gasteiger charge is 2.43. The Morgan fingerprint density at radius 1 is 1.54 bits per heavy atom. The van der Waals surface area contributed by atoms with Crippen molar-refractivity contribution in [3.8, 4) is 0 Å². The van der Waals surface area contributed by atoms with Gasteiger partial charge in [-0.3, -0.25) is 0 Å². The molecular weight excluding hydrogens is 193 g/mol. The minimum absolute atomic E-state index is 0.0827. The zero-order valence-electron chi connectivity index (χ0n) is 6.22. The molecule has 1 saturated heterocycles. The van der Waals surface area contributed by atoms with Crippen LogP contribution in [0.4, 0.5) is 18.0 Å². The molecule has 13 heavy (non-hydrogen) atoms. The molecule has 1 aliphatic rings. The molecule has 1 heterocycles. The lowest BCUT2D eigenvalue weighted by Gasteiger charge is -2.13. The molecule has 0 aromatic heterocycles. The second-order valence-corrected chi connectivity index (χ2v) is 2.21. The maximum Gasteiger partial charge on any atom is 0.493 e. The lowest BCUT2D eigenvalue weighted by Crippen LogP contribution is -2.36. The number of rotatable bonds is 1. The third-order valence-corrected chi connectivity index (χ3v) is 1.24. The Balaban J connectivity index is 2.49. The first kappa shape index (κ1) is 9.62. The lowest BCUT2D eigenvalue weighted by molar-refractivity contribution is -0.225. The molecule has 0 bridgehead atoms. The zero-order chi connectivity index (χ0) is 10.1. The maximum atomic E-state index is 11.6. The average Bonchev–Trinajstić information content (AvgIpc) is 2.34. The highest BCUT2D eigenvalue weighted by molar-refractivity contribution is 5.80. The van der Waals surface area contributed by atoms with Crippen molar-refractivity contribution in [2.45, 2.75) is 6.18 Å². The van der Waals surface area contributed by atoms with E-state index in [1.54, 1.807) is 0 Å². The summed E-state index contributed by atoms with van der Waals surface area (Å²) in [6, 6.07) is -0.849. The van der Waals surface area contributed by atoms with E-state index in [4.69, 9.17) is 0 Å². The van der Waals surface area contributed by atoms with Gasteiger partial charge in [-0.1, -0.05) is 0 Å². The molecule has 1 rings (SSSR count). The molecular formula is C5H5F3N2O3. The number of hydrogen-bond acceptors (Lipinski definition) is 3. The van der Waals surface area contributed by atoms with Gasteiger partial charge in [0.15, 0.2) is 0 Å². The molecule has 2 amide bonds. The quantitative estimate of drug-likeness (QED) is 0.646. The van der Waals surface area contributed by atoms with Crippen molar-refractivity contribution in [1.29, 1.82) is 0 Å². The fourth-order valence-corrected chi connectivity index (χ4v) is 0.693. The normalized spacial score (nSPS) is 17.2. The van der Waals surface area contributed by atoms with Crippen molar-refractivity contribution in [1.82, 2.24) is 10.4 Å². The summed E-state index contributed by atoms with van der Waals surface area (Å²) in [4.78, 5) is 24.5. The van der Waals surface area contributed by atoms with Crippen molar-refractivity contribution >= 4 is 12.0 Å². The van der Waals surface area contributed by atoms with Crippen LogP contribution < -0.4 is 5.32 Å². The molecule has 0 aromatic rings. The summed E-state index contributed by atoms with van der Waals surface area (Å²) in [5.74, 6) is -2.40. The van der Waals surface area contributed by atoms with E-state index < -0.39 is 18.2 Å². The number of carbonyl (C=O) groups excluding carboxylic acids is 2. The topological polar surface area (TPSA) is 58.6 Å². The number of halogens is 3. The Bertz CT molecular complexity index is 240. The number of alkyl halides is 3. The monoisotopic (exact) mass is 198 g/mol. The second-order valence-electron chi connectivity index (χ2n) is 2.21. The van der Waals surface area contributed by atoms with Gasteiger partial charge in [-0.05, 0) is 0 Å². The summed E-state index contributed by atoms with van der Waals surface area (Å²) in [6.07, 6.45) is -5.08. The van der Waals surface area contributed by atoms with Crippen LogP contribution in [0.5, 0.6) is 0 Å². The van der Waals surface area contributed by atoms with E-state index >= 15 is 0 Å². The van der Waals surface area contributed by atoms with E-state index in [1.165, 1.54) is 0 Å². The Morgan fingerprint density at radius 3 is 2.54 bits per heavy atom. The van der Waals surface area contributed by atoms with Crippen molar-refractivity contribution in [3.05, 3.63) is 0 Å². The van der Waals surface area contributed by atoms with Crippen LogP contribution in [-0.2, 0) is 9.63 Å². The molecule has 0 saturated carbocycles. The van der Waals surface area contributed by atoms with Gasteiger partial charge >= 0.3 is 18.2 Å². The molecule has 1 N–H and O–H groups in total. The Hall–Kier alpha value is -1.47. The van der Waals surface area contributed by atoms with E-state index in [0.29, 0.717) is 5.06 Å². The van der Waals surface area contributed by atoms with E-state index in [-0.39, 0.29) is 13.1 Å². The van der Waals surface area contributed by atoms with Gasteiger partial charge in [-0.25, -0.2) is 9.59 Å². The SMILES string of the molecule is O=C1NCCN1OC(=O)C(F)(F)F. The van der Waals surface area contributed by atoms with E-state index in [1.807, 2.05) is 0 Å². The Kier molecular flexibility index (Phi) is 2.30. The summed E-state index contributed by atoms with van der Waals surface area (Å²) < 4.78 is 34.8. The van der Waals surface area contributed by atoms with Crippen LogP contribution in [0.3, 0.4) is 0 Å². The molecule has 1 aliphatic heterocycles. The molecule has 0 radical (unpaired) electrons. The fraction of sp³-hybridized carbons (Fsp3) is 0.600. The van der Waals surface area contributed by atoms with Gasteiger partial charge in [0.1, 0.15) is 0 Å². The molecule has 0 spiro atoms. The standard InChI is InChI=1S/C5H5F3N2O3/c6-5(7,8)3(11)13-10-2-1-9-4(10)12/h1-2H2,(H,9,12). The van der Waals surface area contributed by atoms with Crippen LogP contribution in [0.1, 0.15) is 0 Å². The highest BCUT2D eigenvalue weighted by atomic mass is 19.4. The van der Waals surface area contributed by atoms with Crippen molar-refractivity contribution in [3.63, 3.8) is 0 Å². The number of nitrogens with one attached hydrogen (secondary N) is 1. The molecule has 0 aliphatic carbocycles. The van der Waals surface area contributed by atoms with E-state index in [2.05, 4.69) is 10.2 Å². The number of hydroxylamine groups is 2. The summed E-state index contributed by atoms with van der Waals surface area (Å²) in [5.41, 5.74) is 0. The van der Waals surface area contributed by atoms with Gasteiger partial charge in [-0.15, -0.1) is 0 Å². The van der Waals surface area contributed by atoms with Crippen LogP contribution >= 0.6 is 0 Å². The molecule has 1 fully saturated rings. The average molecular weight is 198 g/mol. The molecule has 5 nitrogen and oxygen atoms in total. The van der Waals surface area contributed by atoms with Gasteiger partial charge in [0.25, 0.3) is 0 Å². The van der Waals surface area contributed by atoms with Gasteiger partial charge in [0, 0.05) is 6.54 Å². The summed E-state index contributed by atoms with van der Waals surface area (Å²) in [5, 5.41) is 2.50. The van der Waals surface area contributed by atoms with Gasteiger partial charge in [-0.2, -0.15) is 18.2 Å². The smallest absolute Gasteiger partial charge is 0.334 e. The van der Waals surface area contributed by atoms with Gasteiger partial charge in [0.05, 0.1) is 6.54 Å². The summed E-state index contributed by atoms with van der Waals surface area (Å²) in [7, 11) is 0. The second kappa shape index (κ2) is 3.11. The van der Waals surface area contributed by atoms with Crippen molar-refractivity contribution in [2.24, 2.45) is 0 Å². The maximum absolute atomic E-state index is 11.6. The predicted molar refractivity (Wildman–Crippen MR) is 32.3 cm³/mol. The molecule has 0 atom stereocenters. The molecule has 74 valence electrons. The molecule has 0 aromatic carbocycles. The Morgan fingerprint density at radius 2 is 2.15 bits per heavy atom. The van der Waals surface area contributed by atoms with Gasteiger partial charge in [0.2, 0.25) is 0 Å². The zero-order valence-corrected chi connectivity index (χ0v) is 6.22. The number of nitrogens with zero attached hydrogens (tertiary/aromatic N) is 1. The third-order valence-electron chi connectivity index (χ3n) is 1.24. The van der Waals surface area contributed by atoms with Crippen molar-refractivity contribution < 1.29 is 27.6 Å². The number of hydrogen-bond donors (Lipinski definition) is 1. The van der Waals surface area contributed by atoms with E-state index in [0.717, 1.165) is 0 Å². The lowest BCUT2D eigenvalue weighted by atomic mass is 10.7. The number of urea groups is 1. The van der Waals surface area contributed by atoms with Crippen LogP contribution in [-0.4, -0.2) is 36.3 Å². The fourth-order valence-electron chi connectivity index (χ4n) is 0.693. The summed E-state index contributed by atoms with van der Waals surface area (Å²) >= 11 is 0. The van der Waals surface area contributed by atoms with Crippen LogP contribution in [0, 0.1) is 0 Å². The minimum atomic E-state index is -5.08. The predicted octanol–water partition coefficient (Wildman–Crippen LogP) is 0.0321. The minimum Gasteiger partial charge on any atom is -0.334 e. The van der Waals surface area contributed by atoms with Gasteiger partial charge < -0.3 is 10.2 Å². The molecule has 0 unspecified atom stereocenters. The number of carbonyl (C=O) groups is 2. The summed E-state index contributed by atoms with van der Waals surface area (Å²) in [6.45, 7) is 0.0740. The first-order valence-corrected chi connectivity index (χ1v) is 3.26. The van der Waals surface area contributed by atoms with Crippen LogP contribution in [0.2, 0.25) is 0 Å². The van der Waals surface area contributed by atoms with Crippen LogP contribution in [0.25, 0.3) is 0 Å².